The van der Waals surface area contributed by atoms with Crippen molar-refractivity contribution in [3.05, 3.63) is 24.1 Å². The number of methoxy groups -OCH3 is 1. The number of aromatic nitrogens is 1. The van der Waals surface area contributed by atoms with Crippen molar-refractivity contribution < 1.29 is 13.9 Å². The maximum atomic E-state index is 12.4. The molecule has 3 rings (SSSR count). The number of carbonyl (C=O) groups is 1. The van der Waals surface area contributed by atoms with Crippen LogP contribution in [-0.2, 0) is 0 Å². The molecule has 0 saturated heterocycles. The second-order valence-electron chi connectivity index (χ2n) is 5.30. The number of ketones is 1. The summed E-state index contributed by atoms with van der Waals surface area (Å²) >= 11 is 0. The molecule has 0 aliphatic heterocycles. The number of Topliss-reactive ketones (excluding diaryl/α,β-unsaturated/α-hetero) is 1. The van der Waals surface area contributed by atoms with Gasteiger partial charge in [-0.2, -0.15) is 0 Å². The molecule has 20 heavy (non-hydrogen) atoms. The third-order valence-electron chi connectivity index (χ3n) is 3.96. The lowest BCUT2D eigenvalue weighted by atomic mass is 9.84. The fourth-order valence-electron chi connectivity index (χ4n) is 2.75. The van der Waals surface area contributed by atoms with Gasteiger partial charge in [0, 0.05) is 12.0 Å². The summed E-state index contributed by atoms with van der Waals surface area (Å²) in [6.45, 7) is 0. The van der Waals surface area contributed by atoms with Gasteiger partial charge in [0.2, 0.25) is 5.78 Å². The number of nitrogens with two attached hydrogens (primary N) is 1. The van der Waals surface area contributed by atoms with Crippen molar-refractivity contribution in [1.29, 1.82) is 0 Å². The lowest BCUT2D eigenvalue weighted by molar-refractivity contribution is 0.0851. The molecule has 106 valence electrons. The van der Waals surface area contributed by atoms with Gasteiger partial charge >= 0.3 is 0 Å². The van der Waals surface area contributed by atoms with Crippen molar-refractivity contribution in [3.63, 3.8) is 0 Å². The Bertz CT molecular complexity index is 627. The highest BCUT2D eigenvalue weighted by Gasteiger charge is 2.29. The Kier molecular flexibility index (Phi) is 3.44. The molecular weight excluding hydrogens is 256 g/mol. The third-order valence-corrected chi connectivity index (χ3v) is 3.96. The van der Waals surface area contributed by atoms with Crippen LogP contribution in [0.5, 0.6) is 5.75 Å². The van der Waals surface area contributed by atoms with Crippen molar-refractivity contribution in [2.24, 2.45) is 11.7 Å². The number of para-hydroxylation sites is 1. The van der Waals surface area contributed by atoms with Gasteiger partial charge in [-0.15, -0.1) is 0 Å². The van der Waals surface area contributed by atoms with Crippen LogP contribution in [0.4, 0.5) is 0 Å². The van der Waals surface area contributed by atoms with Crippen LogP contribution in [0.25, 0.3) is 11.1 Å². The Morgan fingerprint density at radius 2 is 2.10 bits per heavy atom. The summed E-state index contributed by atoms with van der Waals surface area (Å²) in [5, 5.41) is 0. The molecule has 1 aliphatic carbocycles. The van der Waals surface area contributed by atoms with Gasteiger partial charge in [0.1, 0.15) is 5.75 Å². The average Bonchev–Trinajstić information content (AvgIpc) is 2.91. The van der Waals surface area contributed by atoms with Gasteiger partial charge in [-0.3, -0.25) is 4.79 Å². The molecule has 0 spiro atoms. The van der Waals surface area contributed by atoms with Crippen molar-refractivity contribution in [2.45, 2.75) is 31.7 Å². The van der Waals surface area contributed by atoms with Gasteiger partial charge in [-0.25, -0.2) is 4.98 Å². The van der Waals surface area contributed by atoms with E-state index in [0.717, 1.165) is 25.7 Å². The number of nitrogens with zero attached hydrogens (tertiary/aromatic N) is 1. The van der Waals surface area contributed by atoms with E-state index in [1.165, 1.54) is 0 Å². The zero-order valence-electron chi connectivity index (χ0n) is 11.5. The van der Waals surface area contributed by atoms with Gasteiger partial charge in [0.25, 0.3) is 5.89 Å². The minimum atomic E-state index is -0.0196. The first kappa shape index (κ1) is 13.1. The molecule has 0 radical (unpaired) electrons. The van der Waals surface area contributed by atoms with Crippen LogP contribution in [0.2, 0.25) is 0 Å². The first-order valence-corrected chi connectivity index (χ1v) is 6.92. The van der Waals surface area contributed by atoms with Crippen LogP contribution in [0.3, 0.4) is 0 Å². The standard InChI is InChI=1S/C15H18N2O3/c1-19-11-3-2-4-12-13(11)17-15(20-12)14(18)9-5-7-10(16)8-6-9/h2-4,9-10H,5-8,16H2,1H3/t9-,10-. The summed E-state index contributed by atoms with van der Waals surface area (Å²) < 4.78 is 10.8. The quantitative estimate of drug-likeness (QED) is 0.870. The van der Waals surface area contributed by atoms with E-state index >= 15 is 0 Å². The number of oxazole rings is 1. The van der Waals surface area contributed by atoms with Crippen LogP contribution in [0.1, 0.15) is 36.4 Å². The molecule has 0 atom stereocenters. The Labute approximate surface area is 117 Å². The molecular formula is C15H18N2O3. The zero-order chi connectivity index (χ0) is 14.1. The molecule has 1 heterocycles. The normalized spacial score (nSPS) is 22.9. The number of hydrogen-bond donors (Lipinski definition) is 1. The van der Waals surface area contributed by atoms with Crippen LogP contribution in [0, 0.1) is 5.92 Å². The number of ether oxygens (including phenoxy) is 1. The lowest BCUT2D eigenvalue weighted by Gasteiger charge is -2.23. The number of carbonyl (C=O) groups excluding carboxylic acids is 1. The van der Waals surface area contributed by atoms with E-state index in [1.807, 2.05) is 6.07 Å². The molecule has 0 bridgehead atoms. The third kappa shape index (κ3) is 2.29. The highest BCUT2D eigenvalue weighted by atomic mass is 16.5. The molecule has 5 heteroatoms. The highest BCUT2D eigenvalue weighted by Crippen LogP contribution is 2.30. The Morgan fingerprint density at radius 1 is 1.35 bits per heavy atom. The van der Waals surface area contributed by atoms with E-state index in [1.54, 1.807) is 19.2 Å². The fourth-order valence-corrected chi connectivity index (χ4v) is 2.75. The van der Waals surface area contributed by atoms with E-state index in [-0.39, 0.29) is 23.6 Å². The Morgan fingerprint density at radius 3 is 2.80 bits per heavy atom. The van der Waals surface area contributed by atoms with Gasteiger partial charge in [-0.05, 0) is 37.8 Å². The Balaban J connectivity index is 1.88. The molecule has 5 nitrogen and oxygen atoms in total. The zero-order valence-corrected chi connectivity index (χ0v) is 11.5. The molecule has 1 aromatic carbocycles. The predicted molar refractivity (Wildman–Crippen MR) is 74.8 cm³/mol. The van der Waals surface area contributed by atoms with Crippen LogP contribution in [0.15, 0.2) is 22.6 Å². The summed E-state index contributed by atoms with van der Waals surface area (Å²) in [7, 11) is 1.58. The molecule has 1 aromatic heterocycles. The van der Waals surface area contributed by atoms with Gasteiger partial charge < -0.3 is 14.9 Å². The summed E-state index contributed by atoms with van der Waals surface area (Å²) in [4.78, 5) is 16.7. The second kappa shape index (κ2) is 5.25. The molecule has 1 fully saturated rings. The number of fused-ring (bicyclic) bond motifs is 1. The van der Waals surface area contributed by atoms with E-state index in [4.69, 9.17) is 14.9 Å². The molecule has 1 saturated carbocycles. The van der Waals surface area contributed by atoms with Gasteiger partial charge in [-0.1, -0.05) is 6.07 Å². The maximum absolute atomic E-state index is 12.4. The summed E-state index contributed by atoms with van der Waals surface area (Å²) in [6, 6.07) is 5.64. The Hall–Kier alpha value is -1.88. The number of benzene rings is 1. The summed E-state index contributed by atoms with van der Waals surface area (Å²) in [5.74, 6) is 0.768. The van der Waals surface area contributed by atoms with E-state index in [9.17, 15) is 4.79 Å². The minimum Gasteiger partial charge on any atom is -0.494 e. The minimum absolute atomic E-state index is 0.0184. The van der Waals surface area contributed by atoms with Crippen LogP contribution < -0.4 is 10.5 Å². The fraction of sp³-hybridized carbons (Fsp3) is 0.467. The summed E-state index contributed by atoms with van der Waals surface area (Å²) in [6.07, 6.45) is 3.41. The monoisotopic (exact) mass is 274 g/mol. The first-order valence-electron chi connectivity index (χ1n) is 6.92. The number of hydrogen-bond acceptors (Lipinski definition) is 5. The molecule has 2 N–H and O–H groups in total. The maximum Gasteiger partial charge on any atom is 0.264 e. The smallest absolute Gasteiger partial charge is 0.264 e. The molecule has 2 aromatic rings. The van der Waals surface area contributed by atoms with Crippen LogP contribution in [-0.4, -0.2) is 23.9 Å². The van der Waals surface area contributed by atoms with Crippen molar-refractivity contribution >= 4 is 16.9 Å². The van der Waals surface area contributed by atoms with Crippen molar-refractivity contribution in [2.75, 3.05) is 7.11 Å². The van der Waals surface area contributed by atoms with E-state index < -0.39 is 0 Å². The molecule has 0 amide bonds. The van der Waals surface area contributed by atoms with Crippen LogP contribution >= 0.6 is 0 Å². The highest BCUT2D eigenvalue weighted by molar-refractivity contribution is 5.96. The van der Waals surface area contributed by atoms with Gasteiger partial charge in [0.15, 0.2) is 11.1 Å². The van der Waals surface area contributed by atoms with E-state index in [2.05, 4.69) is 4.98 Å². The lowest BCUT2D eigenvalue weighted by Crippen LogP contribution is -2.29. The topological polar surface area (TPSA) is 78.3 Å². The van der Waals surface area contributed by atoms with Gasteiger partial charge in [0.05, 0.1) is 7.11 Å². The predicted octanol–water partition coefficient (Wildman–Crippen LogP) is 2.54. The largest absolute Gasteiger partial charge is 0.494 e. The van der Waals surface area contributed by atoms with Crippen molar-refractivity contribution in [3.8, 4) is 5.75 Å². The first-order chi connectivity index (χ1) is 9.69. The number of rotatable bonds is 3. The van der Waals surface area contributed by atoms with Crippen molar-refractivity contribution in [1.82, 2.24) is 4.98 Å². The van der Waals surface area contributed by atoms with E-state index in [0.29, 0.717) is 16.8 Å². The average molecular weight is 274 g/mol. The SMILES string of the molecule is COc1cccc2oc(C(=O)[C@H]3CC[C@H](N)CC3)nc12. The molecule has 0 unspecified atom stereocenters. The summed E-state index contributed by atoms with van der Waals surface area (Å²) in [5.41, 5.74) is 7.05. The second-order valence-corrected chi connectivity index (χ2v) is 5.30. The molecule has 1 aliphatic rings.